The van der Waals surface area contributed by atoms with Crippen molar-refractivity contribution in [2.45, 2.75) is 26.8 Å². The summed E-state index contributed by atoms with van der Waals surface area (Å²) < 4.78 is 6.32. The van der Waals surface area contributed by atoms with Gasteiger partial charge in [-0.2, -0.15) is 0 Å². The first-order valence-corrected chi connectivity index (χ1v) is 6.46. The number of ether oxygens (including phenoxy) is 1. The fourth-order valence-electron chi connectivity index (χ4n) is 1.17. The Morgan fingerprint density at radius 3 is 2.71 bits per heavy atom. The molecule has 0 radical (unpaired) electrons. The van der Waals surface area contributed by atoms with Crippen LogP contribution in [0.3, 0.4) is 0 Å². The van der Waals surface area contributed by atoms with E-state index < -0.39 is 0 Å². The zero-order valence-electron chi connectivity index (χ0n) is 10.4. The Balaban J connectivity index is 2.38. The van der Waals surface area contributed by atoms with E-state index in [-0.39, 0.29) is 18.6 Å². The van der Waals surface area contributed by atoms with Gasteiger partial charge in [-0.15, -0.1) is 0 Å². The lowest BCUT2D eigenvalue weighted by molar-refractivity contribution is -0.124. The molecule has 0 spiro atoms. The van der Waals surface area contributed by atoms with Crippen molar-refractivity contribution in [3.05, 3.63) is 28.7 Å². The molecule has 1 aromatic rings. The zero-order valence-corrected chi connectivity index (χ0v) is 12.0. The van der Waals surface area contributed by atoms with Crippen molar-refractivity contribution in [2.24, 2.45) is 5.92 Å². The molecule has 17 heavy (non-hydrogen) atoms. The fraction of sp³-hybridized carbons (Fsp3) is 0.462. The van der Waals surface area contributed by atoms with Crippen molar-refractivity contribution in [2.75, 3.05) is 6.61 Å². The summed E-state index contributed by atoms with van der Waals surface area (Å²) in [7, 11) is 0. The molecule has 0 heterocycles. The number of nitrogens with one attached hydrogen (secondary N) is 1. The summed E-state index contributed by atoms with van der Waals surface area (Å²) in [4.78, 5) is 11.6. The Morgan fingerprint density at radius 1 is 1.41 bits per heavy atom. The largest absolute Gasteiger partial charge is 0.484 e. The lowest BCUT2D eigenvalue weighted by Gasteiger charge is -2.17. The minimum Gasteiger partial charge on any atom is -0.484 e. The van der Waals surface area contributed by atoms with Crippen LogP contribution in [0, 0.1) is 5.92 Å². The lowest BCUT2D eigenvalue weighted by atomic mass is 10.1. The predicted molar refractivity (Wildman–Crippen MR) is 72.1 cm³/mol. The van der Waals surface area contributed by atoms with Gasteiger partial charge in [0.2, 0.25) is 0 Å². The SMILES string of the molecule is CC(C)[C@H](C)NC(=O)COc1cccc(Br)c1. The molecular formula is C13H18BrNO2. The number of halogens is 1. The third kappa shape index (κ3) is 5.22. The monoisotopic (exact) mass is 299 g/mol. The van der Waals surface area contributed by atoms with E-state index in [4.69, 9.17) is 4.74 Å². The minimum absolute atomic E-state index is 0.0491. The predicted octanol–water partition coefficient (Wildman–Crippen LogP) is 2.99. The maximum atomic E-state index is 11.6. The molecule has 0 bridgehead atoms. The van der Waals surface area contributed by atoms with Crippen molar-refractivity contribution in [3.63, 3.8) is 0 Å². The molecule has 3 nitrogen and oxygen atoms in total. The smallest absolute Gasteiger partial charge is 0.258 e. The number of hydrogen-bond acceptors (Lipinski definition) is 2. The topological polar surface area (TPSA) is 38.3 Å². The van der Waals surface area contributed by atoms with Crippen LogP contribution in [0.5, 0.6) is 5.75 Å². The fourth-order valence-corrected chi connectivity index (χ4v) is 1.55. The standard InChI is InChI=1S/C13H18BrNO2/c1-9(2)10(3)15-13(16)8-17-12-6-4-5-11(14)7-12/h4-7,9-10H,8H2,1-3H3,(H,15,16)/t10-/m0/s1. The van der Waals surface area contributed by atoms with Crippen LogP contribution in [0.2, 0.25) is 0 Å². The highest BCUT2D eigenvalue weighted by Gasteiger charge is 2.10. The van der Waals surface area contributed by atoms with Crippen LogP contribution in [0.1, 0.15) is 20.8 Å². The van der Waals surface area contributed by atoms with Crippen LogP contribution < -0.4 is 10.1 Å². The van der Waals surface area contributed by atoms with E-state index in [2.05, 4.69) is 35.1 Å². The van der Waals surface area contributed by atoms with E-state index in [0.717, 1.165) is 4.47 Å². The third-order valence-corrected chi connectivity index (χ3v) is 3.05. The summed E-state index contributed by atoms with van der Waals surface area (Å²) in [5.41, 5.74) is 0. The van der Waals surface area contributed by atoms with Gasteiger partial charge in [0, 0.05) is 10.5 Å². The van der Waals surface area contributed by atoms with Gasteiger partial charge in [0.05, 0.1) is 0 Å². The molecule has 94 valence electrons. The molecule has 0 aliphatic carbocycles. The summed E-state index contributed by atoms with van der Waals surface area (Å²) in [5, 5.41) is 2.89. The van der Waals surface area contributed by atoms with E-state index >= 15 is 0 Å². The first-order valence-electron chi connectivity index (χ1n) is 5.66. The average Bonchev–Trinajstić information content (AvgIpc) is 2.26. The maximum absolute atomic E-state index is 11.6. The highest BCUT2D eigenvalue weighted by Crippen LogP contribution is 2.17. The Labute approximate surface area is 111 Å². The van der Waals surface area contributed by atoms with Crippen molar-refractivity contribution in [3.8, 4) is 5.75 Å². The number of amides is 1. The van der Waals surface area contributed by atoms with Gasteiger partial charge in [-0.3, -0.25) is 4.79 Å². The van der Waals surface area contributed by atoms with Crippen LogP contribution >= 0.6 is 15.9 Å². The van der Waals surface area contributed by atoms with Gasteiger partial charge in [-0.1, -0.05) is 35.8 Å². The second-order valence-electron chi connectivity index (χ2n) is 4.35. The Kier molecular flexibility index (Phi) is 5.48. The van der Waals surface area contributed by atoms with Crippen LogP contribution in [-0.2, 0) is 4.79 Å². The van der Waals surface area contributed by atoms with Gasteiger partial charge < -0.3 is 10.1 Å². The van der Waals surface area contributed by atoms with E-state index in [1.807, 2.05) is 31.2 Å². The summed E-state index contributed by atoms with van der Waals surface area (Å²) in [5.74, 6) is 1.02. The van der Waals surface area contributed by atoms with Gasteiger partial charge in [-0.05, 0) is 31.0 Å². The normalized spacial score (nSPS) is 12.3. The Hall–Kier alpha value is -1.03. The summed E-state index contributed by atoms with van der Waals surface area (Å²) in [6, 6.07) is 7.60. The molecule has 0 aliphatic heterocycles. The first kappa shape index (κ1) is 14.0. The highest BCUT2D eigenvalue weighted by atomic mass is 79.9. The molecule has 1 amide bonds. The maximum Gasteiger partial charge on any atom is 0.258 e. The molecule has 0 fully saturated rings. The zero-order chi connectivity index (χ0) is 12.8. The van der Waals surface area contributed by atoms with Crippen molar-refractivity contribution in [1.82, 2.24) is 5.32 Å². The van der Waals surface area contributed by atoms with E-state index in [9.17, 15) is 4.79 Å². The van der Waals surface area contributed by atoms with Crippen LogP contribution in [0.4, 0.5) is 0 Å². The average molecular weight is 300 g/mol. The quantitative estimate of drug-likeness (QED) is 0.908. The number of carbonyl (C=O) groups is 1. The van der Waals surface area contributed by atoms with Gasteiger partial charge >= 0.3 is 0 Å². The van der Waals surface area contributed by atoms with E-state index in [0.29, 0.717) is 11.7 Å². The molecule has 1 atom stereocenters. The second-order valence-corrected chi connectivity index (χ2v) is 5.26. The Morgan fingerprint density at radius 2 is 2.12 bits per heavy atom. The minimum atomic E-state index is -0.0915. The van der Waals surface area contributed by atoms with Crippen LogP contribution in [0.15, 0.2) is 28.7 Å². The number of rotatable bonds is 5. The molecule has 0 unspecified atom stereocenters. The summed E-state index contributed by atoms with van der Waals surface area (Å²) in [6.45, 7) is 6.18. The van der Waals surface area contributed by atoms with Crippen molar-refractivity contribution in [1.29, 1.82) is 0 Å². The molecule has 4 heteroatoms. The molecule has 1 N–H and O–H groups in total. The Bertz CT molecular complexity index is 379. The summed E-state index contributed by atoms with van der Waals surface area (Å²) >= 11 is 3.35. The van der Waals surface area contributed by atoms with Gasteiger partial charge in [0.25, 0.3) is 5.91 Å². The summed E-state index contributed by atoms with van der Waals surface area (Å²) in [6.07, 6.45) is 0. The molecule has 1 rings (SSSR count). The first-order chi connectivity index (χ1) is 7.99. The molecular weight excluding hydrogens is 282 g/mol. The molecule has 0 saturated carbocycles. The number of benzene rings is 1. The van der Waals surface area contributed by atoms with Gasteiger partial charge in [-0.25, -0.2) is 0 Å². The third-order valence-electron chi connectivity index (χ3n) is 2.55. The lowest BCUT2D eigenvalue weighted by Crippen LogP contribution is -2.38. The molecule has 0 aromatic heterocycles. The van der Waals surface area contributed by atoms with Gasteiger partial charge in [0.15, 0.2) is 6.61 Å². The molecule has 0 aliphatic rings. The van der Waals surface area contributed by atoms with Crippen LogP contribution in [-0.4, -0.2) is 18.6 Å². The molecule has 1 aromatic carbocycles. The number of carbonyl (C=O) groups excluding carboxylic acids is 1. The highest BCUT2D eigenvalue weighted by molar-refractivity contribution is 9.10. The number of hydrogen-bond donors (Lipinski definition) is 1. The molecule has 0 saturated heterocycles. The van der Waals surface area contributed by atoms with Crippen molar-refractivity contribution >= 4 is 21.8 Å². The van der Waals surface area contributed by atoms with Crippen molar-refractivity contribution < 1.29 is 9.53 Å². The second kappa shape index (κ2) is 6.64. The van der Waals surface area contributed by atoms with E-state index in [1.165, 1.54) is 0 Å². The van der Waals surface area contributed by atoms with Crippen LogP contribution in [0.25, 0.3) is 0 Å². The van der Waals surface area contributed by atoms with Gasteiger partial charge in [0.1, 0.15) is 5.75 Å². The van der Waals surface area contributed by atoms with E-state index in [1.54, 1.807) is 0 Å².